The van der Waals surface area contributed by atoms with Gasteiger partial charge in [0.05, 0.1) is 13.2 Å². The number of aliphatic carboxylic acids is 2. The van der Waals surface area contributed by atoms with Gasteiger partial charge in [0.1, 0.15) is 12.4 Å². The number of carbonyl (C=O) groups is 4. The van der Waals surface area contributed by atoms with Crippen LogP contribution < -0.4 is 4.74 Å². The zero-order valence-electron chi connectivity index (χ0n) is 23.6. The number of ether oxygens (including phenoxy) is 3. The molecular formula is C32H38O9. The molecule has 9 heteroatoms. The van der Waals surface area contributed by atoms with Crippen molar-refractivity contribution in [1.29, 1.82) is 0 Å². The lowest BCUT2D eigenvalue weighted by Crippen LogP contribution is -2.36. The monoisotopic (exact) mass is 566 g/mol. The van der Waals surface area contributed by atoms with Crippen LogP contribution in [0.1, 0.15) is 51.5 Å². The van der Waals surface area contributed by atoms with Crippen LogP contribution in [0.3, 0.4) is 0 Å². The molecule has 0 bridgehead atoms. The lowest BCUT2D eigenvalue weighted by Gasteiger charge is -2.32. The van der Waals surface area contributed by atoms with Crippen molar-refractivity contribution in [2.24, 2.45) is 5.41 Å². The van der Waals surface area contributed by atoms with E-state index in [4.69, 9.17) is 14.2 Å². The highest BCUT2D eigenvalue weighted by Crippen LogP contribution is 2.33. The predicted molar refractivity (Wildman–Crippen MR) is 153 cm³/mol. The number of carboxylic acid groups (broad SMARTS) is 2. The highest BCUT2D eigenvalue weighted by atomic mass is 16.5. The maximum Gasteiger partial charge on any atom is 0.333 e. The zero-order chi connectivity index (χ0) is 30.4. The Morgan fingerprint density at radius 2 is 1.22 bits per heavy atom. The summed E-state index contributed by atoms with van der Waals surface area (Å²) in [6.07, 6.45) is 1.14. The van der Waals surface area contributed by atoms with E-state index in [0.29, 0.717) is 24.4 Å². The van der Waals surface area contributed by atoms with E-state index in [1.807, 2.05) is 36.4 Å². The number of carboxylic acids is 2. The van der Waals surface area contributed by atoms with E-state index in [0.717, 1.165) is 23.1 Å². The Hall–Kier alpha value is -4.40. The second kappa shape index (κ2) is 16.0. The first-order chi connectivity index (χ1) is 19.4. The Balaban J connectivity index is 2.06. The standard InChI is InChI=1S/C32H38O9/c1-22(2)30(37)39-19-5-6-24-7-9-25(10-8-24)26-11-13-27(14-12-26)40-20-32(17-15-28(33)34,18-16-29(35)36)21-41-31(38)23(3)4/h7-14H,1,3,5-6,15-21H2,2,4H3,(H,33,34)(H,35,36). The minimum atomic E-state index is -1.04. The minimum absolute atomic E-state index is 0.0350. The zero-order valence-corrected chi connectivity index (χ0v) is 23.6. The van der Waals surface area contributed by atoms with Crippen molar-refractivity contribution in [3.05, 3.63) is 78.4 Å². The molecule has 0 saturated heterocycles. The third-order valence-corrected chi connectivity index (χ3v) is 6.47. The molecule has 2 rings (SSSR count). The number of esters is 2. The average molecular weight is 567 g/mol. The minimum Gasteiger partial charge on any atom is -0.493 e. The van der Waals surface area contributed by atoms with Crippen LogP contribution in [-0.2, 0) is 35.1 Å². The topological polar surface area (TPSA) is 136 Å². The molecule has 0 unspecified atom stereocenters. The quantitative estimate of drug-likeness (QED) is 0.134. The van der Waals surface area contributed by atoms with Gasteiger partial charge in [-0.2, -0.15) is 0 Å². The molecule has 220 valence electrons. The van der Waals surface area contributed by atoms with Crippen LogP contribution in [0.2, 0.25) is 0 Å². The molecular weight excluding hydrogens is 528 g/mol. The van der Waals surface area contributed by atoms with Crippen molar-refractivity contribution in [3.63, 3.8) is 0 Å². The Morgan fingerprint density at radius 3 is 1.71 bits per heavy atom. The van der Waals surface area contributed by atoms with E-state index in [1.165, 1.54) is 6.92 Å². The first-order valence-electron chi connectivity index (χ1n) is 13.3. The van der Waals surface area contributed by atoms with Gasteiger partial charge in [0.2, 0.25) is 0 Å². The van der Waals surface area contributed by atoms with Crippen LogP contribution in [-0.4, -0.2) is 53.9 Å². The molecule has 41 heavy (non-hydrogen) atoms. The maximum absolute atomic E-state index is 12.0. The van der Waals surface area contributed by atoms with Gasteiger partial charge in [-0.25, -0.2) is 9.59 Å². The van der Waals surface area contributed by atoms with Crippen LogP contribution in [0.15, 0.2) is 72.8 Å². The number of benzene rings is 2. The molecule has 0 aliphatic rings. The van der Waals surface area contributed by atoms with Gasteiger partial charge in [-0.05, 0) is 68.4 Å². The third kappa shape index (κ3) is 11.7. The van der Waals surface area contributed by atoms with E-state index >= 15 is 0 Å². The van der Waals surface area contributed by atoms with Gasteiger partial charge >= 0.3 is 23.9 Å². The van der Waals surface area contributed by atoms with E-state index in [2.05, 4.69) is 13.2 Å². The second-order valence-electron chi connectivity index (χ2n) is 10.2. The Kier molecular flexibility index (Phi) is 12.8. The molecule has 0 fully saturated rings. The van der Waals surface area contributed by atoms with E-state index < -0.39 is 23.3 Å². The first-order valence-corrected chi connectivity index (χ1v) is 13.3. The molecule has 2 aromatic rings. The van der Waals surface area contributed by atoms with Gasteiger partial charge in [0, 0.05) is 29.4 Å². The molecule has 9 nitrogen and oxygen atoms in total. The van der Waals surface area contributed by atoms with Gasteiger partial charge in [-0.1, -0.05) is 49.6 Å². The van der Waals surface area contributed by atoms with Gasteiger partial charge in [-0.3, -0.25) is 9.59 Å². The number of rotatable bonds is 18. The summed E-state index contributed by atoms with van der Waals surface area (Å²) >= 11 is 0. The SMILES string of the molecule is C=C(C)C(=O)OCCCc1ccc(-c2ccc(OCC(CCC(=O)O)(CCC(=O)O)COC(=O)C(=C)C)cc2)cc1. The molecule has 0 spiro atoms. The summed E-state index contributed by atoms with van der Waals surface area (Å²) < 4.78 is 16.4. The Bertz CT molecular complexity index is 1210. The highest BCUT2D eigenvalue weighted by Gasteiger charge is 2.34. The third-order valence-electron chi connectivity index (χ3n) is 6.47. The molecule has 0 radical (unpaired) electrons. The van der Waals surface area contributed by atoms with Crippen LogP contribution in [0.5, 0.6) is 5.75 Å². The van der Waals surface area contributed by atoms with Crippen molar-refractivity contribution < 1.29 is 43.6 Å². The van der Waals surface area contributed by atoms with Crippen molar-refractivity contribution in [3.8, 4) is 16.9 Å². The molecule has 0 amide bonds. The molecule has 0 aromatic heterocycles. The van der Waals surface area contributed by atoms with E-state index in [1.54, 1.807) is 19.1 Å². The summed E-state index contributed by atoms with van der Waals surface area (Å²) in [5.41, 5.74) is 2.62. The maximum atomic E-state index is 12.0. The smallest absolute Gasteiger partial charge is 0.333 e. The molecule has 0 aliphatic carbocycles. The Labute approximate surface area is 240 Å². The average Bonchev–Trinajstić information content (AvgIpc) is 2.94. The highest BCUT2D eigenvalue weighted by molar-refractivity contribution is 5.87. The molecule has 0 atom stereocenters. The summed E-state index contributed by atoms with van der Waals surface area (Å²) in [7, 11) is 0. The summed E-state index contributed by atoms with van der Waals surface area (Å²) in [4.78, 5) is 46.1. The van der Waals surface area contributed by atoms with Crippen LogP contribution in [0.4, 0.5) is 0 Å². The van der Waals surface area contributed by atoms with Gasteiger partial charge in [0.25, 0.3) is 0 Å². The number of carbonyl (C=O) groups excluding carboxylic acids is 2. The fourth-order valence-corrected chi connectivity index (χ4v) is 3.95. The molecule has 0 heterocycles. The van der Waals surface area contributed by atoms with Crippen LogP contribution in [0, 0.1) is 5.41 Å². The van der Waals surface area contributed by atoms with Crippen LogP contribution in [0.25, 0.3) is 11.1 Å². The van der Waals surface area contributed by atoms with Gasteiger partial charge in [-0.15, -0.1) is 0 Å². The van der Waals surface area contributed by atoms with Crippen LogP contribution >= 0.6 is 0 Å². The van der Waals surface area contributed by atoms with Crippen molar-refractivity contribution in [1.82, 2.24) is 0 Å². The number of aryl methyl sites for hydroxylation is 1. The molecule has 2 aromatic carbocycles. The van der Waals surface area contributed by atoms with Crippen molar-refractivity contribution in [2.45, 2.75) is 52.4 Å². The van der Waals surface area contributed by atoms with E-state index in [9.17, 15) is 29.4 Å². The Morgan fingerprint density at radius 1 is 0.732 bits per heavy atom. The van der Waals surface area contributed by atoms with Crippen molar-refractivity contribution in [2.75, 3.05) is 19.8 Å². The summed E-state index contributed by atoms with van der Waals surface area (Å²) in [5.74, 6) is -2.60. The predicted octanol–water partition coefficient (Wildman–Crippen LogP) is 5.62. The first kappa shape index (κ1) is 32.8. The molecule has 2 N–H and O–H groups in total. The van der Waals surface area contributed by atoms with Gasteiger partial charge < -0.3 is 24.4 Å². The second-order valence-corrected chi connectivity index (χ2v) is 10.2. The summed E-state index contributed by atoms with van der Waals surface area (Å²) in [6.45, 7) is 10.3. The molecule has 0 saturated carbocycles. The van der Waals surface area contributed by atoms with Crippen molar-refractivity contribution >= 4 is 23.9 Å². The van der Waals surface area contributed by atoms with E-state index in [-0.39, 0.29) is 50.4 Å². The fraction of sp³-hybridized carbons (Fsp3) is 0.375. The number of hydrogen-bond donors (Lipinski definition) is 2. The normalized spacial score (nSPS) is 10.9. The lowest BCUT2D eigenvalue weighted by molar-refractivity contribution is -0.145. The summed E-state index contributed by atoms with van der Waals surface area (Å²) in [5, 5.41) is 18.5. The fourth-order valence-electron chi connectivity index (χ4n) is 3.95. The van der Waals surface area contributed by atoms with Gasteiger partial charge in [0.15, 0.2) is 0 Å². The lowest BCUT2D eigenvalue weighted by atomic mass is 9.80. The number of hydrogen-bond acceptors (Lipinski definition) is 7. The largest absolute Gasteiger partial charge is 0.493 e. The summed E-state index contributed by atoms with van der Waals surface area (Å²) in [6, 6.07) is 15.4. The molecule has 0 aliphatic heterocycles.